The van der Waals surface area contributed by atoms with Crippen LogP contribution in [0, 0.1) is 29.1 Å². The molecule has 1 aliphatic heterocycles. The first-order valence-corrected chi connectivity index (χ1v) is 8.12. The number of carboxylic acids is 1. The van der Waals surface area contributed by atoms with Crippen molar-refractivity contribution in [1.82, 2.24) is 4.90 Å². The van der Waals surface area contributed by atoms with Crippen molar-refractivity contribution in [1.29, 1.82) is 0 Å². The molecule has 4 aliphatic rings. The van der Waals surface area contributed by atoms with E-state index in [1.807, 2.05) is 4.90 Å². The predicted molar refractivity (Wildman–Crippen MR) is 72.9 cm³/mol. The Labute approximate surface area is 119 Å². The fourth-order valence-electron chi connectivity index (χ4n) is 4.82. The van der Waals surface area contributed by atoms with Crippen LogP contribution >= 0.6 is 0 Å². The number of amides is 1. The molecule has 0 aromatic carbocycles. The van der Waals surface area contributed by atoms with Crippen LogP contribution in [0.2, 0.25) is 0 Å². The molecule has 1 amide bonds. The van der Waals surface area contributed by atoms with Gasteiger partial charge in [-0.05, 0) is 49.4 Å². The van der Waals surface area contributed by atoms with Gasteiger partial charge in [-0.1, -0.05) is 12.8 Å². The number of carboxylic acid groups (broad SMARTS) is 1. The highest BCUT2D eigenvalue weighted by molar-refractivity contribution is 5.84. The van der Waals surface area contributed by atoms with Crippen molar-refractivity contribution in [2.24, 2.45) is 29.1 Å². The van der Waals surface area contributed by atoms with Crippen LogP contribution in [0.1, 0.15) is 44.9 Å². The molecule has 4 fully saturated rings. The minimum Gasteiger partial charge on any atom is -0.481 e. The number of rotatable bonds is 3. The lowest BCUT2D eigenvalue weighted by molar-refractivity contribution is -0.142. The van der Waals surface area contributed by atoms with Gasteiger partial charge in [0.05, 0.1) is 5.92 Å². The number of carbonyl (C=O) groups excluding carboxylic acids is 1. The van der Waals surface area contributed by atoms with Gasteiger partial charge in [-0.2, -0.15) is 0 Å². The van der Waals surface area contributed by atoms with Gasteiger partial charge in [0.2, 0.25) is 5.91 Å². The maximum atomic E-state index is 12.7. The third-order valence-corrected chi connectivity index (χ3v) is 6.31. The van der Waals surface area contributed by atoms with Gasteiger partial charge in [-0.25, -0.2) is 0 Å². The fourth-order valence-corrected chi connectivity index (χ4v) is 4.82. The Hall–Kier alpha value is -1.06. The first kappa shape index (κ1) is 12.7. The molecule has 1 heterocycles. The van der Waals surface area contributed by atoms with Crippen LogP contribution in [-0.2, 0) is 9.59 Å². The first-order chi connectivity index (χ1) is 9.61. The molecule has 4 heteroatoms. The summed E-state index contributed by atoms with van der Waals surface area (Å²) in [5.74, 6) is 0.246. The first-order valence-electron chi connectivity index (χ1n) is 8.12. The van der Waals surface area contributed by atoms with Gasteiger partial charge < -0.3 is 10.0 Å². The van der Waals surface area contributed by atoms with Gasteiger partial charge in [0.25, 0.3) is 0 Å². The molecule has 4 nitrogen and oxygen atoms in total. The third-order valence-electron chi connectivity index (χ3n) is 6.31. The maximum Gasteiger partial charge on any atom is 0.308 e. The lowest BCUT2D eigenvalue weighted by Gasteiger charge is -2.18. The monoisotopic (exact) mass is 277 g/mol. The van der Waals surface area contributed by atoms with Gasteiger partial charge >= 0.3 is 5.97 Å². The molecule has 3 saturated carbocycles. The van der Waals surface area contributed by atoms with Crippen LogP contribution in [0.5, 0.6) is 0 Å². The summed E-state index contributed by atoms with van der Waals surface area (Å²) in [5.41, 5.74) is 0.327. The Bertz CT molecular complexity index is 451. The Morgan fingerprint density at radius 1 is 1.10 bits per heavy atom. The molecule has 1 N–H and O–H groups in total. The van der Waals surface area contributed by atoms with Crippen molar-refractivity contribution in [3.05, 3.63) is 0 Å². The quantitative estimate of drug-likeness (QED) is 0.860. The third kappa shape index (κ3) is 1.87. The van der Waals surface area contributed by atoms with Crippen LogP contribution in [-0.4, -0.2) is 35.0 Å². The van der Waals surface area contributed by atoms with Crippen molar-refractivity contribution in [3.8, 4) is 0 Å². The maximum absolute atomic E-state index is 12.7. The normalized spacial score (nSPS) is 38.4. The molecular weight excluding hydrogens is 254 g/mol. The van der Waals surface area contributed by atoms with E-state index in [1.54, 1.807) is 0 Å². The average Bonchev–Trinajstić information content (AvgIpc) is 3.26. The number of hydrogen-bond acceptors (Lipinski definition) is 2. The van der Waals surface area contributed by atoms with Crippen molar-refractivity contribution >= 4 is 11.9 Å². The van der Waals surface area contributed by atoms with Gasteiger partial charge in [0.1, 0.15) is 0 Å². The SMILES string of the molecule is O=C(O)[C@H]1CN(C(=O)C2CC23CCCC3)C[C@@H]1C1CC1. The highest BCUT2D eigenvalue weighted by Gasteiger charge is 2.60. The Balaban J connectivity index is 1.44. The molecule has 110 valence electrons. The molecule has 0 aromatic heterocycles. The molecule has 0 radical (unpaired) electrons. The molecule has 0 bridgehead atoms. The van der Waals surface area contributed by atoms with Gasteiger partial charge in [-0.3, -0.25) is 9.59 Å². The molecule has 1 saturated heterocycles. The van der Waals surface area contributed by atoms with E-state index in [0.717, 1.165) is 19.3 Å². The zero-order valence-corrected chi connectivity index (χ0v) is 11.9. The lowest BCUT2D eigenvalue weighted by Crippen LogP contribution is -2.32. The van der Waals surface area contributed by atoms with Gasteiger partial charge in [-0.15, -0.1) is 0 Å². The zero-order valence-electron chi connectivity index (χ0n) is 11.9. The van der Waals surface area contributed by atoms with Crippen LogP contribution in [0.4, 0.5) is 0 Å². The lowest BCUT2D eigenvalue weighted by atomic mass is 9.92. The molecule has 0 aromatic rings. The second kappa shape index (κ2) is 4.22. The summed E-state index contributed by atoms with van der Waals surface area (Å²) in [6.07, 6.45) is 8.34. The summed E-state index contributed by atoms with van der Waals surface area (Å²) in [6, 6.07) is 0. The van der Waals surface area contributed by atoms with E-state index in [4.69, 9.17) is 0 Å². The smallest absolute Gasteiger partial charge is 0.308 e. The summed E-state index contributed by atoms with van der Waals surface area (Å²) in [5, 5.41) is 9.38. The molecule has 4 rings (SSSR count). The zero-order chi connectivity index (χ0) is 13.9. The van der Waals surface area contributed by atoms with Crippen LogP contribution < -0.4 is 0 Å². The van der Waals surface area contributed by atoms with Gasteiger partial charge in [0.15, 0.2) is 0 Å². The number of carbonyl (C=O) groups is 2. The van der Waals surface area contributed by atoms with E-state index in [0.29, 0.717) is 24.4 Å². The molecule has 1 spiro atoms. The molecule has 1 unspecified atom stereocenters. The summed E-state index contributed by atoms with van der Waals surface area (Å²) in [4.78, 5) is 26.0. The van der Waals surface area contributed by atoms with Crippen molar-refractivity contribution < 1.29 is 14.7 Å². The minimum atomic E-state index is -0.705. The van der Waals surface area contributed by atoms with Crippen LogP contribution in [0.25, 0.3) is 0 Å². The standard InChI is InChI=1S/C16H23NO3/c18-14(13-7-16(13)5-1-2-6-16)17-8-11(10-3-4-10)12(9-17)15(19)20/h10-13H,1-9H2,(H,19,20)/t11-,12+,13?/m1/s1. The minimum absolute atomic E-state index is 0.217. The Morgan fingerprint density at radius 2 is 1.80 bits per heavy atom. The Kier molecular flexibility index (Phi) is 2.67. The van der Waals surface area contributed by atoms with E-state index in [-0.39, 0.29) is 23.7 Å². The largest absolute Gasteiger partial charge is 0.481 e. The summed E-state index contributed by atoms with van der Waals surface area (Å²) in [7, 11) is 0. The van der Waals surface area contributed by atoms with E-state index in [2.05, 4.69) is 0 Å². The van der Waals surface area contributed by atoms with Gasteiger partial charge in [0, 0.05) is 19.0 Å². The number of aliphatic carboxylic acids is 1. The van der Waals surface area contributed by atoms with Crippen molar-refractivity contribution in [2.45, 2.75) is 44.9 Å². The second-order valence-electron chi connectivity index (χ2n) is 7.52. The summed E-state index contributed by atoms with van der Waals surface area (Å²) in [6.45, 7) is 1.16. The summed E-state index contributed by atoms with van der Waals surface area (Å²) >= 11 is 0. The molecule has 3 atom stereocenters. The highest BCUT2D eigenvalue weighted by atomic mass is 16.4. The van der Waals surface area contributed by atoms with Crippen LogP contribution in [0.3, 0.4) is 0 Å². The van der Waals surface area contributed by atoms with Crippen molar-refractivity contribution in [2.75, 3.05) is 13.1 Å². The van der Waals surface area contributed by atoms with E-state index in [9.17, 15) is 14.7 Å². The van der Waals surface area contributed by atoms with Crippen LogP contribution in [0.15, 0.2) is 0 Å². The molecule has 20 heavy (non-hydrogen) atoms. The predicted octanol–water partition coefficient (Wildman–Crippen LogP) is 2.14. The van der Waals surface area contributed by atoms with E-state index in [1.165, 1.54) is 25.7 Å². The number of likely N-dealkylation sites (tertiary alicyclic amines) is 1. The molecule has 3 aliphatic carbocycles. The summed E-state index contributed by atoms with van der Waals surface area (Å²) < 4.78 is 0. The number of nitrogens with zero attached hydrogens (tertiary/aromatic N) is 1. The number of hydrogen-bond donors (Lipinski definition) is 1. The highest BCUT2D eigenvalue weighted by Crippen LogP contribution is 2.63. The second-order valence-corrected chi connectivity index (χ2v) is 7.52. The topological polar surface area (TPSA) is 57.6 Å². The van der Waals surface area contributed by atoms with E-state index >= 15 is 0 Å². The molecular formula is C16H23NO3. The average molecular weight is 277 g/mol. The Morgan fingerprint density at radius 3 is 2.40 bits per heavy atom. The fraction of sp³-hybridized carbons (Fsp3) is 0.875. The van der Waals surface area contributed by atoms with Crippen molar-refractivity contribution in [3.63, 3.8) is 0 Å². The van der Waals surface area contributed by atoms with E-state index < -0.39 is 5.97 Å².